The van der Waals surface area contributed by atoms with Gasteiger partial charge in [-0.2, -0.15) is 0 Å². The molecular formula is C18H23N3O2. The van der Waals surface area contributed by atoms with Crippen LogP contribution < -0.4 is 16.2 Å². The largest absolute Gasteiger partial charge is 0.337 e. The van der Waals surface area contributed by atoms with E-state index in [0.717, 1.165) is 19.3 Å². The molecule has 3 amide bonds. The van der Waals surface area contributed by atoms with Crippen molar-refractivity contribution in [2.45, 2.75) is 38.5 Å². The number of hydrogen-bond acceptors (Lipinski definition) is 2. The number of nitrogens with one attached hydrogen (secondary N) is 3. The third-order valence-electron chi connectivity index (χ3n) is 5.84. The summed E-state index contributed by atoms with van der Waals surface area (Å²) < 4.78 is 0. The number of carbonyl (C=O) groups is 2. The molecule has 122 valence electrons. The summed E-state index contributed by atoms with van der Waals surface area (Å²) in [5.74, 6) is 2.14. The smallest absolute Gasteiger partial charge is 0.307 e. The molecule has 0 aromatic heterocycles. The van der Waals surface area contributed by atoms with E-state index < -0.39 is 6.03 Å². The lowest BCUT2D eigenvalue weighted by atomic mass is 9.49. The number of para-hydroxylation sites is 1. The monoisotopic (exact) mass is 313 g/mol. The van der Waals surface area contributed by atoms with E-state index in [4.69, 9.17) is 0 Å². The number of hydrazine groups is 1. The van der Waals surface area contributed by atoms with Crippen molar-refractivity contribution in [3.05, 3.63) is 30.3 Å². The summed E-state index contributed by atoms with van der Waals surface area (Å²) in [4.78, 5) is 24.6. The zero-order chi connectivity index (χ0) is 15.9. The quantitative estimate of drug-likeness (QED) is 0.734. The van der Waals surface area contributed by atoms with Crippen molar-refractivity contribution in [3.8, 4) is 0 Å². The number of anilines is 1. The molecule has 0 aliphatic heterocycles. The van der Waals surface area contributed by atoms with Gasteiger partial charge in [-0.05, 0) is 68.4 Å². The Kier molecular flexibility index (Phi) is 3.51. The van der Waals surface area contributed by atoms with Crippen molar-refractivity contribution >= 4 is 17.6 Å². The van der Waals surface area contributed by atoms with Gasteiger partial charge in [0.15, 0.2) is 0 Å². The first-order chi connectivity index (χ1) is 11.1. The zero-order valence-corrected chi connectivity index (χ0v) is 13.2. The normalized spacial score (nSPS) is 34.0. The van der Waals surface area contributed by atoms with Crippen LogP contribution in [0.2, 0.25) is 0 Å². The Morgan fingerprint density at radius 2 is 1.43 bits per heavy atom. The molecule has 5 nitrogen and oxygen atoms in total. The molecule has 0 radical (unpaired) electrons. The number of hydrogen-bond donors (Lipinski definition) is 3. The molecule has 0 spiro atoms. The highest BCUT2D eigenvalue weighted by atomic mass is 16.2. The van der Waals surface area contributed by atoms with Gasteiger partial charge in [0, 0.05) is 5.69 Å². The van der Waals surface area contributed by atoms with E-state index in [1.54, 1.807) is 12.1 Å². The Bertz CT molecular complexity index is 579. The van der Waals surface area contributed by atoms with Crippen LogP contribution in [0.4, 0.5) is 10.5 Å². The van der Waals surface area contributed by atoms with E-state index in [2.05, 4.69) is 16.2 Å². The van der Waals surface area contributed by atoms with Crippen LogP contribution >= 0.6 is 0 Å². The first-order valence-corrected chi connectivity index (χ1v) is 8.55. The maximum absolute atomic E-state index is 12.7. The van der Waals surface area contributed by atoms with Gasteiger partial charge in [-0.3, -0.25) is 10.2 Å². The second-order valence-electron chi connectivity index (χ2n) is 7.60. The van der Waals surface area contributed by atoms with Gasteiger partial charge in [-0.25, -0.2) is 10.2 Å². The van der Waals surface area contributed by atoms with Gasteiger partial charge in [-0.1, -0.05) is 18.2 Å². The van der Waals surface area contributed by atoms with Crippen LogP contribution in [-0.2, 0) is 4.79 Å². The molecule has 0 atom stereocenters. The zero-order valence-electron chi connectivity index (χ0n) is 13.2. The molecule has 4 bridgehead atoms. The molecule has 0 saturated heterocycles. The summed E-state index contributed by atoms with van der Waals surface area (Å²) in [5.41, 5.74) is 5.63. The van der Waals surface area contributed by atoms with E-state index >= 15 is 0 Å². The summed E-state index contributed by atoms with van der Waals surface area (Å²) in [6, 6.07) is 8.79. The number of benzene rings is 1. The van der Waals surface area contributed by atoms with Crippen LogP contribution in [0.25, 0.3) is 0 Å². The number of carbonyl (C=O) groups excluding carboxylic acids is 2. The lowest BCUT2D eigenvalue weighted by Gasteiger charge is -2.55. The first-order valence-electron chi connectivity index (χ1n) is 8.55. The Balaban J connectivity index is 1.34. The fraction of sp³-hybridized carbons (Fsp3) is 0.556. The van der Waals surface area contributed by atoms with Crippen LogP contribution in [0.15, 0.2) is 30.3 Å². The number of rotatable bonds is 2. The summed E-state index contributed by atoms with van der Waals surface area (Å²) in [6.07, 6.45) is 6.88. The minimum Gasteiger partial charge on any atom is -0.307 e. The average molecular weight is 313 g/mol. The van der Waals surface area contributed by atoms with Gasteiger partial charge in [0.25, 0.3) is 0 Å². The molecule has 5 rings (SSSR count). The summed E-state index contributed by atoms with van der Waals surface area (Å²) in [6.45, 7) is 0. The SMILES string of the molecule is O=C(NNC(=O)C12CC3CC(CC(C3)C1)C2)Nc1ccccc1. The molecular weight excluding hydrogens is 290 g/mol. The van der Waals surface area contributed by atoms with Crippen molar-refractivity contribution in [1.29, 1.82) is 0 Å². The van der Waals surface area contributed by atoms with Crippen molar-refractivity contribution in [3.63, 3.8) is 0 Å². The molecule has 1 aromatic carbocycles. The number of amides is 3. The molecule has 4 aliphatic carbocycles. The highest BCUT2D eigenvalue weighted by Crippen LogP contribution is 2.59. The summed E-state index contributed by atoms with van der Waals surface area (Å²) in [7, 11) is 0. The minimum atomic E-state index is -0.408. The molecule has 3 N–H and O–H groups in total. The Morgan fingerprint density at radius 3 is 2.00 bits per heavy atom. The van der Waals surface area contributed by atoms with Gasteiger partial charge in [0.1, 0.15) is 0 Å². The van der Waals surface area contributed by atoms with Crippen LogP contribution in [0.3, 0.4) is 0 Å². The van der Waals surface area contributed by atoms with Gasteiger partial charge in [0.2, 0.25) is 5.91 Å². The average Bonchev–Trinajstić information content (AvgIpc) is 2.52. The maximum atomic E-state index is 12.7. The molecule has 4 fully saturated rings. The molecule has 0 unspecified atom stereocenters. The fourth-order valence-corrected chi connectivity index (χ4v) is 5.32. The standard InChI is InChI=1S/C18H23N3O2/c22-16(20-21-17(23)19-15-4-2-1-3-5-15)18-9-12-6-13(10-18)8-14(7-12)11-18/h1-5,12-14H,6-11H2,(H,20,22)(H2,19,21,23). The van der Waals surface area contributed by atoms with E-state index in [-0.39, 0.29) is 11.3 Å². The van der Waals surface area contributed by atoms with Crippen LogP contribution in [0, 0.1) is 23.2 Å². The van der Waals surface area contributed by atoms with Crippen LogP contribution in [0.5, 0.6) is 0 Å². The second-order valence-corrected chi connectivity index (χ2v) is 7.60. The predicted octanol–water partition coefficient (Wildman–Crippen LogP) is 3.06. The van der Waals surface area contributed by atoms with Gasteiger partial charge < -0.3 is 5.32 Å². The Hall–Kier alpha value is -2.04. The van der Waals surface area contributed by atoms with E-state index in [1.807, 2.05) is 18.2 Å². The summed E-state index contributed by atoms with van der Waals surface area (Å²) >= 11 is 0. The van der Waals surface area contributed by atoms with E-state index in [1.165, 1.54) is 19.3 Å². The van der Waals surface area contributed by atoms with Gasteiger partial charge in [-0.15, -0.1) is 0 Å². The maximum Gasteiger partial charge on any atom is 0.337 e. The summed E-state index contributed by atoms with van der Waals surface area (Å²) in [5, 5.41) is 2.71. The third kappa shape index (κ3) is 2.80. The van der Waals surface area contributed by atoms with Gasteiger partial charge >= 0.3 is 6.03 Å². The number of urea groups is 1. The van der Waals surface area contributed by atoms with Crippen molar-refractivity contribution in [1.82, 2.24) is 10.9 Å². The highest BCUT2D eigenvalue weighted by molar-refractivity contribution is 5.92. The minimum absolute atomic E-state index is 0.000174. The predicted molar refractivity (Wildman–Crippen MR) is 87.3 cm³/mol. The molecule has 4 saturated carbocycles. The van der Waals surface area contributed by atoms with Crippen LogP contribution in [-0.4, -0.2) is 11.9 Å². The van der Waals surface area contributed by atoms with E-state index in [9.17, 15) is 9.59 Å². The van der Waals surface area contributed by atoms with Crippen molar-refractivity contribution in [2.75, 3.05) is 5.32 Å². The molecule has 4 aliphatic rings. The molecule has 5 heteroatoms. The topological polar surface area (TPSA) is 70.2 Å². The van der Waals surface area contributed by atoms with Crippen molar-refractivity contribution < 1.29 is 9.59 Å². The first kappa shape index (κ1) is 14.5. The Morgan fingerprint density at radius 1 is 0.870 bits per heavy atom. The van der Waals surface area contributed by atoms with Crippen LogP contribution in [0.1, 0.15) is 38.5 Å². The molecule has 1 aromatic rings. The second kappa shape index (κ2) is 5.55. The molecule has 23 heavy (non-hydrogen) atoms. The van der Waals surface area contributed by atoms with E-state index in [0.29, 0.717) is 23.4 Å². The lowest BCUT2D eigenvalue weighted by Crippen LogP contribution is -2.57. The molecule has 0 heterocycles. The third-order valence-corrected chi connectivity index (χ3v) is 5.84. The lowest BCUT2D eigenvalue weighted by molar-refractivity contribution is -0.147. The van der Waals surface area contributed by atoms with Crippen molar-refractivity contribution in [2.24, 2.45) is 23.2 Å². The highest BCUT2D eigenvalue weighted by Gasteiger charge is 2.54. The Labute approximate surface area is 136 Å². The fourth-order valence-electron chi connectivity index (χ4n) is 5.32. The van der Waals surface area contributed by atoms with Gasteiger partial charge in [0.05, 0.1) is 5.41 Å².